The van der Waals surface area contributed by atoms with E-state index in [2.05, 4.69) is 0 Å². The predicted octanol–water partition coefficient (Wildman–Crippen LogP) is -2.20. The molecule has 0 aliphatic carbocycles. The van der Waals surface area contributed by atoms with Gasteiger partial charge in [0.15, 0.2) is 0 Å². The van der Waals surface area contributed by atoms with Crippen LogP contribution in [0.2, 0.25) is 0 Å². The van der Waals surface area contributed by atoms with Gasteiger partial charge >= 0.3 is 41.9 Å². The fraction of sp³-hybridized carbons (Fsp3) is 0. The van der Waals surface area contributed by atoms with Crippen LogP contribution in [0.1, 0.15) is 4.28 Å². The molecule has 0 aliphatic rings. The van der Waals surface area contributed by atoms with E-state index in [4.69, 9.17) is 0 Å². The zero-order valence-corrected chi connectivity index (χ0v) is 5.57. The summed E-state index contributed by atoms with van der Waals surface area (Å²) in [6.07, 6.45) is 0. The Morgan fingerprint density at radius 1 is 1.00 bits per heavy atom. The van der Waals surface area contributed by atoms with E-state index in [1.54, 1.807) is 0 Å². The normalized spacial score (nSPS) is 0. The van der Waals surface area contributed by atoms with Crippen LogP contribution >= 0.6 is 24.8 Å². The molecule has 0 aromatic carbocycles. The van der Waals surface area contributed by atoms with Gasteiger partial charge in [0.25, 0.3) is 0 Å². The van der Waals surface area contributed by atoms with Crippen molar-refractivity contribution in [3.63, 3.8) is 0 Å². The zero-order valence-electron chi connectivity index (χ0n) is 5.52. The van der Waals surface area contributed by atoms with E-state index in [1.807, 2.05) is 0 Å². The van der Waals surface area contributed by atoms with Gasteiger partial charge in [0.1, 0.15) is 0 Å². The van der Waals surface area contributed by atoms with Gasteiger partial charge in [-0.1, -0.05) is 0 Å². The van der Waals surface area contributed by atoms with Crippen LogP contribution in [0.5, 0.6) is 0 Å². The van der Waals surface area contributed by atoms with E-state index in [0.717, 1.165) is 0 Å². The summed E-state index contributed by atoms with van der Waals surface area (Å²) in [5.41, 5.74) is 0. The van der Waals surface area contributed by atoms with Crippen molar-refractivity contribution in [2.75, 3.05) is 0 Å². The minimum Gasteiger partial charge on any atom is -1.00 e. The minimum absolute atomic E-state index is 0. The maximum atomic E-state index is 0. The summed E-state index contributed by atoms with van der Waals surface area (Å²) < 4.78 is 0. The molecule has 0 fully saturated rings. The molecule has 0 bridgehead atoms. The van der Waals surface area contributed by atoms with E-state index >= 15 is 0 Å². The van der Waals surface area contributed by atoms with Crippen molar-refractivity contribution in [3.05, 3.63) is 0 Å². The molecule has 0 aromatic rings. The topological polar surface area (TPSA) is 0 Å². The first kappa shape index (κ1) is 38.5. The van der Waals surface area contributed by atoms with E-state index in [9.17, 15) is 0 Å². The van der Waals surface area contributed by atoms with Gasteiger partial charge in [-0.2, -0.15) is 0 Å². The molecule has 0 nitrogen and oxygen atoms in total. The monoisotopic (exact) mass is 106 g/mol. The van der Waals surface area contributed by atoms with Crippen LogP contribution in [0, 0.1) is 0 Å². The molecule has 0 heterocycles. The quantitative estimate of drug-likeness (QED) is 0.308. The maximum absolute atomic E-state index is 0. The van der Waals surface area contributed by atoms with Gasteiger partial charge in [0.05, 0.1) is 0 Å². The second-order valence-corrected chi connectivity index (χ2v) is 0. The van der Waals surface area contributed by atoms with Gasteiger partial charge in [-0.05, 0) is 0 Å². The fourth-order valence-corrected chi connectivity index (χ4v) is 0. The predicted molar refractivity (Wildman–Crippen MR) is 23.6 cm³/mol. The SMILES string of the molecule is Cl.Cl.[H-].[H-].[H-].[Li+].[Mg+2]. The standard InChI is InChI=1S/2ClH.Li.Mg.3H/h2*1H;;;;;/q;;+1;+2;3*-1. The molecular formula is H5Cl2LiMg. The summed E-state index contributed by atoms with van der Waals surface area (Å²) >= 11 is 0. The fourth-order valence-electron chi connectivity index (χ4n) is 0. The summed E-state index contributed by atoms with van der Waals surface area (Å²) in [6.45, 7) is 0. The van der Waals surface area contributed by atoms with E-state index in [-0.39, 0.29) is 71.0 Å². The molecule has 0 rings (SSSR count). The molecule has 0 unspecified atom stereocenters. The Balaban J connectivity index is 0. The van der Waals surface area contributed by atoms with Crippen LogP contribution in [-0.2, 0) is 0 Å². The Kier molecular flexibility index (Phi) is 196. The first-order valence-corrected chi connectivity index (χ1v) is 0. The Labute approximate surface area is 70.7 Å². The maximum Gasteiger partial charge on any atom is 2.00 e. The summed E-state index contributed by atoms with van der Waals surface area (Å²) in [7, 11) is 0. The van der Waals surface area contributed by atoms with Crippen LogP contribution in [0.3, 0.4) is 0 Å². The average molecular weight is 107 g/mol. The van der Waals surface area contributed by atoms with Gasteiger partial charge in [-0.3, -0.25) is 0 Å². The van der Waals surface area contributed by atoms with Crippen LogP contribution in [0.4, 0.5) is 0 Å². The molecule has 0 atom stereocenters. The summed E-state index contributed by atoms with van der Waals surface area (Å²) in [6, 6.07) is 0. The second-order valence-electron chi connectivity index (χ2n) is 0. The Morgan fingerprint density at radius 2 is 1.00 bits per heavy atom. The first-order valence-electron chi connectivity index (χ1n) is 0. The van der Waals surface area contributed by atoms with Crippen LogP contribution in [0.15, 0.2) is 0 Å². The minimum atomic E-state index is 0. The molecule has 4 heavy (non-hydrogen) atoms. The van der Waals surface area contributed by atoms with Crippen LogP contribution < -0.4 is 18.9 Å². The van der Waals surface area contributed by atoms with E-state index in [0.29, 0.717) is 0 Å². The van der Waals surface area contributed by atoms with Gasteiger partial charge in [0, 0.05) is 0 Å². The molecule has 22 valence electrons. The Hall–Kier alpha value is 1.94. The molecule has 0 radical (unpaired) electrons. The van der Waals surface area contributed by atoms with Gasteiger partial charge in [0.2, 0.25) is 0 Å². The van der Waals surface area contributed by atoms with Crippen molar-refractivity contribution in [1.82, 2.24) is 0 Å². The molecule has 0 aliphatic heterocycles. The van der Waals surface area contributed by atoms with Gasteiger partial charge < -0.3 is 4.28 Å². The average Bonchev–Trinajstić information content (AvgIpc) is 0. The third-order valence-corrected chi connectivity index (χ3v) is 0. The summed E-state index contributed by atoms with van der Waals surface area (Å²) in [5.74, 6) is 0. The molecule has 0 saturated heterocycles. The number of hydrogen-bond acceptors (Lipinski definition) is 0. The van der Waals surface area contributed by atoms with Crippen molar-refractivity contribution in [1.29, 1.82) is 0 Å². The van der Waals surface area contributed by atoms with Crippen molar-refractivity contribution in [2.24, 2.45) is 0 Å². The Bertz CT molecular complexity index is 12.9. The number of halogens is 2. The van der Waals surface area contributed by atoms with Gasteiger partial charge in [-0.15, -0.1) is 24.8 Å². The largest absolute Gasteiger partial charge is 2.00 e. The number of hydrogen-bond donors (Lipinski definition) is 0. The van der Waals surface area contributed by atoms with Crippen LogP contribution in [-0.4, -0.2) is 23.1 Å². The van der Waals surface area contributed by atoms with E-state index < -0.39 is 0 Å². The number of rotatable bonds is 0. The second kappa shape index (κ2) is 20.4. The zero-order chi connectivity index (χ0) is 0. The van der Waals surface area contributed by atoms with E-state index in [1.165, 1.54) is 0 Å². The molecule has 0 spiro atoms. The molecule has 4 heteroatoms. The third-order valence-electron chi connectivity index (χ3n) is 0. The summed E-state index contributed by atoms with van der Waals surface area (Å²) in [4.78, 5) is 0. The van der Waals surface area contributed by atoms with Crippen molar-refractivity contribution >= 4 is 47.9 Å². The first-order chi connectivity index (χ1) is 0. The Morgan fingerprint density at radius 3 is 1.00 bits per heavy atom. The molecule has 0 saturated carbocycles. The van der Waals surface area contributed by atoms with Crippen molar-refractivity contribution in [3.8, 4) is 0 Å². The molecule has 0 aromatic heterocycles. The smallest absolute Gasteiger partial charge is 1.00 e. The molecular weight excluding hydrogens is 102 g/mol. The van der Waals surface area contributed by atoms with Gasteiger partial charge in [-0.25, -0.2) is 0 Å². The third kappa shape index (κ3) is 9.05. The van der Waals surface area contributed by atoms with Crippen molar-refractivity contribution < 1.29 is 23.1 Å². The van der Waals surface area contributed by atoms with Crippen molar-refractivity contribution in [2.45, 2.75) is 0 Å². The molecule has 0 N–H and O–H groups in total. The van der Waals surface area contributed by atoms with Crippen LogP contribution in [0.25, 0.3) is 0 Å². The summed E-state index contributed by atoms with van der Waals surface area (Å²) in [5, 5.41) is 0. The molecule has 0 amide bonds.